The van der Waals surface area contributed by atoms with Crippen LogP contribution in [-0.2, 0) is 13.6 Å². The van der Waals surface area contributed by atoms with Gasteiger partial charge in [-0.2, -0.15) is 5.10 Å². The Balaban J connectivity index is 2.14. The number of benzene rings is 1. The zero-order chi connectivity index (χ0) is 12.3. The minimum absolute atomic E-state index is 0.564. The van der Waals surface area contributed by atoms with E-state index in [0.29, 0.717) is 12.4 Å². The van der Waals surface area contributed by atoms with Crippen molar-refractivity contribution >= 4 is 5.84 Å². The van der Waals surface area contributed by atoms with Crippen molar-refractivity contribution in [1.29, 1.82) is 0 Å². The van der Waals surface area contributed by atoms with Crippen LogP contribution in [0.4, 0.5) is 0 Å². The average molecular weight is 228 g/mol. The molecule has 1 aromatic carbocycles. The number of rotatable bonds is 3. The summed E-state index contributed by atoms with van der Waals surface area (Å²) >= 11 is 0. The van der Waals surface area contributed by atoms with Crippen molar-refractivity contribution in [2.45, 2.75) is 13.5 Å². The molecule has 2 aromatic rings. The number of aryl methyl sites for hydroxylation is 1. The Hall–Kier alpha value is -2.10. The van der Waals surface area contributed by atoms with Crippen LogP contribution in [0.1, 0.15) is 16.8 Å². The van der Waals surface area contributed by atoms with Crippen LogP contribution in [0, 0.1) is 6.92 Å². The van der Waals surface area contributed by atoms with Gasteiger partial charge in [0.05, 0.1) is 12.7 Å². The number of hydrogen-bond donors (Lipinski definition) is 1. The fourth-order valence-electron chi connectivity index (χ4n) is 1.57. The van der Waals surface area contributed by atoms with E-state index in [1.807, 2.05) is 55.2 Å². The van der Waals surface area contributed by atoms with Crippen LogP contribution < -0.4 is 5.73 Å². The molecule has 0 amide bonds. The molecule has 0 saturated carbocycles. The van der Waals surface area contributed by atoms with E-state index < -0.39 is 0 Å². The van der Waals surface area contributed by atoms with Gasteiger partial charge in [0, 0.05) is 23.9 Å². The molecule has 0 aliphatic heterocycles. The average Bonchev–Trinajstić information content (AvgIpc) is 2.68. The van der Waals surface area contributed by atoms with E-state index in [4.69, 9.17) is 5.73 Å². The van der Waals surface area contributed by atoms with Gasteiger partial charge < -0.3 is 5.73 Å². The predicted octanol–water partition coefficient (Wildman–Crippen LogP) is 1.63. The lowest BCUT2D eigenvalue weighted by molar-refractivity contribution is 0.737. The summed E-state index contributed by atoms with van der Waals surface area (Å²) in [7, 11) is 1.92. The molecule has 1 aromatic heterocycles. The van der Waals surface area contributed by atoms with E-state index in [-0.39, 0.29) is 0 Å². The molecule has 4 nitrogen and oxygen atoms in total. The van der Waals surface area contributed by atoms with Gasteiger partial charge in [-0.25, -0.2) is 0 Å². The maximum absolute atomic E-state index is 5.92. The molecular weight excluding hydrogens is 212 g/mol. The molecule has 0 atom stereocenters. The molecule has 0 unspecified atom stereocenters. The Morgan fingerprint density at radius 1 is 1.35 bits per heavy atom. The third kappa shape index (κ3) is 2.53. The number of aromatic nitrogens is 2. The van der Waals surface area contributed by atoms with Crippen molar-refractivity contribution in [1.82, 2.24) is 9.78 Å². The van der Waals surface area contributed by atoms with Crippen LogP contribution in [0.2, 0.25) is 0 Å². The second-order valence-electron chi connectivity index (χ2n) is 3.95. The van der Waals surface area contributed by atoms with Crippen LogP contribution in [0.25, 0.3) is 0 Å². The summed E-state index contributed by atoms with van der Waals surface area (Å²) in [4.78, 5) is 4.38. The molecular formula is C13H16N4. The molecule has 88 valence electrons. The lowest BCUT2D eigenvalue weighted by atomic mass is 10.2. The molecule has 2 N–H and O–H groups in total. The van der Waals surface area contributed by atoms with Gasteiger partial charge in [0.15, 0.2) is 0 Å². The highest BCUT2D eigenvalue weighted by Gasteiger charge is 2.03. The monoisotopic (exact) mass is 228 g/mol. The Kier molecular flexibility index (Phi) is 3.23. The summed E-state index contributed by atoms with van der Waals surface area (Å²) in [6, 6.07) is 9.77. The molecule has 2 rings (SSSR count). The molecule has 0 radical (unpaired) electrons. The van der Waals surface area contributed by atoms with Gasteiger partial charge in [-0.3, -0.25) is 9.67 Å². The van der Waals surface area contributed by atoms with Gasteiger partial charge >= 0.3 is 0 Å². The van der Waals surface area contributed by atoms with Crippen molar-refractivity contribution in [3.05, 3.63) is 53.3 Å². The van der Waals surface area contributed by atoms with Crippen molar-refractivity contribution < 1.29 is 0 Å². The maximum atomic E-state index is 5.92. The van der Waals surface area contributed by atoms with E-state index in [9.17, 15) is 0 Å². The summed E-state index contributed by atoms with van der Waals surface area (Å²) in [6.07, 6.45) is 1.83. The molecule has 0 spiro atoms. The van der Waals surface area contributed by atoms with Crippen LogP contribution in [-0.4, -0.2) is 15.6 Å². The summed E-state index contributed by atoms with van der Waals surface area (Å²) < 4.78 is 1.84. The number of amidine groups is 1. The van der Waals surface area contributed by atoms with Crippen molar-refractivity contribution in [3.63, 3.8) is 0 Å². The molecule has 0 aliphatic rings. The Labute approximate surface area is 101 Å². The topological polar surface area (TPSA) is 56.2 Å². The van der Waals surface area contributed by atoms with Gasteiger partial charge in [-0.05, 0) is 6.92 Å². The highest BCUT2D eigenvalue weighted by Crippen LogP contribution is 2.07. The zero-order valence-electron chi connectivity index (χ0n) is 10.1. The Morgan fingerprint density at radius 3 is 2.65 bits per heavy atom. The quantitative estimate of drug-likeness (QED) is 0.641. The van der Waals surface area contributed by atoms with Gasteiger partial charge in [-0.1, -0.05) is 30.3 Å². The van der Waals surface area contributed by atoms with Crippen LogP contribution >= 0.6 is 0 Å². The summed E-state index contributed by atoms with van der Waals surface area (Å²) in [5, 5.41) is 4.17. The second-order valence-corrected chi connectivity index (χ2v) is 3.95. The summed E-state index contributed by atoms with van der Waals surface area (Å²) in [5.41, 5.74) is 9.10. The smallest absolute Gasteiger partial charge is 0.125 e. The molecule has 4 heteroatoms. The molecule has 0 bridgehead atoms. The fourth-order valence-corrected chi connectivity index (χ4v) is 1.57. The summed E-state index contributed by atoms with van der Waals surface area (Å²) in [6.45, 7) is 2.59. The minimum atomic E-state index is 0.564. The van der Waals surface area contributed by atoms with E-state index in [2.05, 4.69) is 10.1 Å². The van der Waals surface area contributed by atoms with E-state index >= 15 is 0 Å². The molecule has 17 heavy (non-hydrogen) atoms. The number of aliphatic imine (C=N–C) groups is 1. The molecule has 0 saturated heterocycles. The first kappa shape index (κ1) is 11.4. The van der Waals surface area contributed by atoms with Crippen molar-refractivity contribution in [3.8, 4) is 0 Å². The van der Waals surface area contributed by atoms with Crippen molar-refractivity contribution in [2.24, 2.45) is 17.8 Å². The zero-order valence-corrected chi connectivity index (χ0v) is 10.1. The summed E-state index contributed by atoms with van der Waals surface area (Å²) in [5.74, 6) is 0.564. The highest BCUT2D eigenvalue weighted by molar-refractivity contribution is 5.97. The van der Waals surface area contributed by atoms with E-state index in [1.54, 1.807) is 0 Å². The molecule has 1 heterocycles. The highest BCUT2D eigenvalue weighted by atomic mass is 15.3. The molecule has 0 fully saturated rings. The SMILES string of the molecule is Cc1c(CN=C(N)c2ccccc2)cnn1C. The third-order valence-corrected chi connectivity index (χ3v) is 2.83. The Morgan fingerprint density at radius 2 is 2.06 bits per heavy atom. The first-order chi connectivity index (χ1) is 8.18. The van der Waals surface area contributed by atoms with E-state index in [1.165, 1.54) is 0 Å². The van der Waals surface area contributed by atoms with Gasteiger partial charge in [0.25, 0.3) is 0 Å². The Bertz CT molecular complexity index is 526. The largest absolute Gasteiger partial charge is 0.383 e. The van der Waals surface area contributed by atoms with Crippen LogP contribution in [0.5, 0.6) is 0 Å². The first-order valence-corrected chi connectivity index (χ1v) is 5.51. The number of nitrogens with zero attached hydrogens (tertiary/aromatic N) is 3. The minimum Gasteiger partial charge on any atom is -0.383 e. The number of hydrogen-bond acceptors (Lipinski definition) is 2. The third-order valence-electron chi connectivity index (χ3n) is 2.83. The lowest BCUT2D eigenvalue weighted by Gasteiger charge is -2.01. The van der Waals surface area contributed by atoms with E-state index in [0.717, 1.165) is 16.8 Å². The van der Waals surface area contributed by atoms with Gasteiger partial charge in [-0.15, -0.1) is 0 Å². The van der Waals surface area contributed by atoms with Crippen LogP contribution in [0.3, 0.4) is 0 Å². The van der Waals surface area contributed by atoms with Crippen LogP contribution in [0.15, 0.2) is 41.5 Å². The molecule has 0 aliphatic carbocycles. The normalized spacial score (nSPS) is 11.8. The lowest BCUT2D eigenvalue weighted by Crippen LogP contribution is -2.13. The number of nitrogens with two attached hydrogens (primary N) is 1. The van der Waals surface area contributed by atoms with Gasteiger partial charge in [0.1, 0.15) is 5.84 Å². The van der Waals surface area contributed by atoms with Crippen molar-refractivity contribution in [2.75, 3.05) is 0 Å². The fraction of sp³-hybridized carbons (Fsp3) is 0.231. The maximum Gasteiger partial charge on any atom is 0.125 e. The standard InChI is InChI=1S/C13H16N4/c1-10-12(9-16-17(10)2)8-15-13(14)11-6-4-3-5-7-11/h3-7,9H,8H2,1-2H3,(H2,14,15). The van der Waals surface area contributed by atoms with Gasteiger partial charge in [0.2, 0.25) is 0 Å². The predicted molar refractivity (Wildman–Crippen MR) is 68.8 cm³/mol. The first-order valence-electron chi connectivity index (χ1n) is 5.51. The second kappa shape index (κ2) is 4.82.